The smallest absolute Gasteiger partial charge is 0.0561 e. The maximum Gasteiger partial charge on any atom is 0.0561 e. The van der Waals surface area contributed by atoms with Gasteiger partial charge < -0.3 is 9.47 Å². The largest absolute Gasteiger partial charge is 0.314 e. The molecule has 3 aliphatic rings. The van der Waals surface area contributed by atoms with Crippen LogP contribution in [0.2, 0.25) is 0 Å². The predicted molar refractivity (Wildman–Crippen MR) is 242 cm³/mol. The van der Waals surface area contributed by atoms with Gasteiger partial charge in [-0.2, -0.15) is 0 Å². The van der Waals surface area contributed by atoms with E-state index in [2.05, 4.69) is 229 Å². The van der Waals surface area contributed by atoms with Crippen molar-refractivity contribution in [2.45, 2.75) is 12.3 Å². The van der Waals surface area contributed by atoms with Crippen molar-refractivity contribution >= 4 is 38.8 Å². The van der Waals surface area contributed by atoms with Crippen molar-refractivity contribution in [2.75, 3.05) is 4.90 Å². The van der Waals surface area contributed by atoms with Crippen LogP contribution in [0.3, 0.4) is 0 Å². The molecule has 0 saturated carbocycles. The van der Waals surface area contributed by atoms with Gasteiger partial charge in [0.2, 0.25) is 0 Å². The van der Waals surface area contributed by atoms with E-state index in [0.29, 0.717) is 0 Å². The summed E-state index contributed by atoms with van der Waals surface area (Å²) in [6, 6.07) is 74.1. The summed E-state index contributed by atoms with van der Waals surface area (Å²) in [6.45, 7) is 2.48. The van der Waals surface area contributed by atoms with Crippen LogP contribution >= 0.6 is 0 Å². The van der Waals surface area contributed by atoms with Crippen LogP contribution in [0, 0.1) is 11.8 Å². The second kappa shape index (κ2) is 12.7. The van der Waals surface area contributed by atoms with Crippen molar-refractivity contribution in [1.29, 1.82) is 0 Å². The van der Waals surface area contributed by atoms with Crippen LogP contribution in [0.5, 0.6) is 0 Å². The zero-order chi connectivity index (χ0) is 38.4. The lowest BCUT2D eigenvalue weighted by Gasteiger charge is -2.43. The van der Waals surface area contributed by atoms with Gasteiger partial charge in [0.15, 0.2) is 0 Å². The summed E-state index contributed by atoms with van der Waals surface area (Å²) < 4.78 is 2.43. The Hall–Kier alpha value is -7.16. The highest BCUT2D eigenvalue weighted by Crippen LogP contribution is 2.67. The quantitative estimate of drug-likeness (QED) is 0.171. The van der Waals surface area contributed by atoms with Crippen LogP contribution in [0.15, 0.2) is 218 Å². The average molecular weight is 741 g/mol. The van der Waals surface area contributed by atoms with Crippen LogP contribution in [-0.4, -0.2) is 4.57 Å². The van der Waals surface area contributed by atoms with Gasteiger partial charge in [0.1, 0.15) is 0 Å². The molecule has 2 nitrogen and oxygen atoms in total. The number of hydrogen-bond donors (Lipinski definition) is 0. The van der Waals surface area contributed by atoms with Crippen molar-refractivity contribution in [1.82, 2.24) is 4.57 Å². The van der Waals surface area contributed by atoms with E-state index in [-0.39, 0.29) is 17.3 Å². The second-order valence-electron chi connectivity index (χ2n) is 16.1. The first-order valence-electron chi connectivity index (χ1n) is 20.5. The lowest BCUT2D eigenvalue weighted by Crippen LogP contribution is -2.39. The number of hydrogen-bond acceptors (Lipinski definition) is 1. The van der Waals surface area contributed by atoms with Crippen LogP contribution in [-0.2, 0) is 5.41 Å². The average Bonchev–Trinajstić information content (AvgIpc) is 3.90. The van der Waals surface area contributed by atoms with E-state index in [1.54, 1.807) is 0 Å². The zero-order valence-electron chi connectivity index (χ0n) is 32.3. The summed E-state index contributed by atoms with van der Waals surface area (Å²) in [5.41, 5.74) is 19.0. The van der Waals surface area contributed by atoms with Crippen molar-refractivity contribution in [3.63, 3.8) is 0 Å². The van der Waals surface area contributed by atoms with Gasteiger partial charge in [-0.05, 0) is 98.6 Å². The second-order valence-corrected chi connectivity index (χ2v) is 16.1. The van der Waals surface area contributed by atoms with Crippen LogP contribution < -0.4 is 4.90 Å². The fraction of sp³-hybridized carbons (Fsp3) is 0.0714. The Kier molecular flexibility index (Phi) is 7.22. The van der Waals surface area contributed by atoms with Gasteiger partial charge in [0, 0.05) is 45.4 Å². The molecule has 0 aliphatic heterocycles. The first-order valence-corrected chi connectivity index (χ1v) is 20.5. The molecule has 1 aromatic heterocycles. The number of anilines is 2. The number of rotatable bonds is 5. The molecule has 58 heavy (non-hydrogen) atoms. The van der Waals surface area contributed by atoms with E-state index in [9.17, 15) is 0 Å². The molecule has 274 valence electrons. The van der Waals surface area contributed by atoms with Crippen LogP contribution in [0.4, 0.5) is 11.4 Å². The third kappa shape index (κ3) is 4.54. The van der Waals surface area contributed by atoms with Gasteiger partial charge in [0.05, 0.1) is 16.4 Å². The van der Waals surface area contributed by atoms with E-state index in [1.807, 2.05) is 0 Å². The summed E-state index contributed by atoms with van der Waals surface area (Å²) >= 11 is 0. The van der Waals surface area contributed by atoms with Gasteiger partial charge >= 0.3 is 0 Å². The zero-order valence-corrected chi connectivity index (χ0v) is 32.3. The Labute approximate surface area is 339 Å². The predicted octanol–water partition coefficient (Wildman–Crippen LogP) is 14.2. The van der Waals surface area contributed by atoms with Crippen molar-refractivity contribution in [3.8, 4) is 27.9 Å². The molecule has 0 fully saturated rings. The summed E-state index contributed by atoms with van der Waals surface area (Å²) in [4.78, 5) is 2.54. The number of nitrogens with zero attached hydrogens (tertiary/aromatic N) is 2. The molecule has 9 aromatic rings. The fourth-order valence-corrected chi connectivity index (χ4v) is 11.0. The first kappa shape index (κ1) is 33.0. The molecule has 8 aromatic carbocycles. The molecular formula is C56H40N2. The minimum atomic E-state index is -0.318. The summed E-state index contributed by atoms with van der Waals surface area (Å²) in [5.74, 6) is 0.330. The summed E-state index contributed by atoms with van der Waals surface area (Å²) in [7, 11) is 0. The molecule has 3 aliphatic carbocycles. The molecule has 2 atom stereocenters. The van der Waals surface area contributed by atoms with E-state index in [0.717, 1.165) is 17.1 Å². The molecule has 0 N–H and O–H groups in total. The Morgan fingerprint density at radius 1 is 0.448 bits per heavy atom. The maximum absolute atomic E-state index is 2.54. The maximum atomic E-state index is 2.54. The summed E-state index contributed by atoms with van der Waals surface area (Å²) in [5, 5.41) is 2.51. The molecule has 12 rings (SSSR count). The normalized spacial score (nSPS) is 17.1. The standard InChI is InChI=1S/C56H40N2/c1-37-52(35-34-48-45-22-10-14-26-51(45)56(55(37)48)49-24-12-8-20-43(49)44-21-9-13-25-50(44)56)57(41-30-28-39(29-31-41)38-16-4-2-5-17-38)42-32-33-47-46-23-11-15-27-53(46)58(54(47)36-42)40-18-6-3-7-19-40/h2-37,55H,1H3. The number of fused-ring (bicyclic) bond motifs is 13. The van der Waals surface area contributed by atoms with Crippen molar-refractivity contribution in [3.05, 3.63) is 240 Å². The Morgan fingerprint density at radius 2 is 0.983 bits per heavy atom. The lowest BCUT2D eigenvalue weighted by molar-refractivity contribution is 0.388. The highest BCUT2D eigenvalue weighted by molar-refractivity contribution is 6.10. The molecule has 2 unspecified atom stereocenters. The number of para-hydroxylation sites is 2. The highest BCUT2D eigenvalue weighted by atomic mass is 15.2. The Bertz CT molecular complexity index is 3080. The third-order valence-corrected chi connectivity index (χ3v) is 13.3. The molecular weight excluding hydrogens is 701 g/mol. The molecule has 2 heteroatoms. The topological polar surface area (TPSA) is 8.17 Å². The number of allylic oxidation sites excluding steroid dienone is 4. The Balaban J connectivity index is 1.09. The summed E-state index contributed by atoms with van der Waals surface area (Å²) in [6.07, 6.45) is 4.86. The SMILES string of the molecule is CC1C(N(c2ccc(-c3ccccc3)cc2)c2ccc3c4ccccc4n(-c4ccccc4)c3c2)=CC=C2c3ccccc3C3(c4ccccc4-c4ccccc43)C21. The Morgan fingerprint density at radius 3 is 1.69 bits per heavy atom. The highest BCUT2D eigenvalue weighted by Gasteiger charge is 2.58. The molecule has 0 saturated heterocycles. The van der Waals surface area contributed by atoms with Crippen molar-refractivity contribution < 1.29 is 0 Å². The first-order chi connectivity index (χ1) is 28.7. The molecule has 0 amide bonds. The van der Waals surface area contributed by atoms with Gasteiger partial charge in [-0.3, -0.25) is 0 Å². The van der Waals surface area contributed by atoms with Crippen molar-refractivity contribution in [2.24, 2.45) is 11.8 Å². The number of benzene rings is 8. The monoisotopic (exact) mass is 740 g/mol. The molecule has 0 radical (unpaired) electrons. The van der Waals surface area contributed by atoms with E-state index in [1.165, 1.54) is 77.6 Å². The molecule has 1 spiro atoms. The van der Waals surface area contributed by atoms with E-state index < -0.39 is 0 Å². The molecule has 0 bridgehead atoms. The van der Waals surface area contributed by atoms with Gasteiger partial charge in [0.25, 0.3) is 0 Å². The van der Waals surface area contributed by atoms with Crippen LogP contribution in [0.1, 0.15) is 29.2 Å². The van der Waals surface area contributed by atoms with E-state index >= 15 is 0 Å². The minimum Gasteiger partial charge on any atom is -0.314 e. The lowest BCUT2D eigenvalue weighted by atomic mass is 9.61. The molecule has 1 heterocycles. The fourth-order valence-electron chi connectivity index (χ4n) is 11.0. The van der Waals surface area contributed by atoms with Gasteiger partial charge in [-0.15, -0.1) is 0 Å². The minimum absolute atomic E-state index is 0.149. The number of aromatic nitrogens is 1. The van der Waals surface area contributed by atoms with Gasteiger partial charge in [-0.25, -0.2) is 0 Å². The van der Waals surface area contributed by atoms with Crippen LogP contribution in [0.25, 0.3) is 55.3 Å². The van der Waals surface area contributed by atoms with E-state index in [4.69, 9.17) is 0 Å². The van der Waals surface area contributed by atoms with Gasteiger partial charge in [-0.1, -0.05) is 171 Å². The third-order valence-electron chi connectivity index (χ3n) is 13.3.